The largest absolute Gasteiger partial charge is 0.347 e. The Morgan fingerprint density at radius 3 is 2.38 bits per heavy atom. The van der Waals surface area contributed by atoms with Crippen LogP contribution >= 0.6 is 0 Å². The van der Waals surface area contributed by atoms with Gasteiger partial charge in [-0.15, -0.1) is 0 Å². The topological polar surface area (TPSA) is 42.0 Å². The molecule has 122 valence electrons. The molecule has 0 spiro atoms. The quantitative estimate of drug-likeness (QED) is 0.741. The van der Waals surface area contributed by atoms with Gasteiger partial charge in [-0.1, -0.05) is 42.0 Å². The van der Waals surface area contributed by atoms with Crippen molar-refractivity contribution in [1.29, 1.82) is 0 Å². The zero-order chi connectivity index (χ0) is 17.3. The molecule has 0 saturated carbocycles. The van der Waals surface area contributed by atoms with Gasteiger partial charge in [-0.25, -0.2) is 4.98 Å². The van der Waals surface area contributed by atoms with Crippen molar-refractivity contribution in [3.05, 3.63) is 65.7 Å². The molecular formula is C21H22N2O. The number of amides is 1. The van der Waals surface area contributed by atoms with Crippen molar-refractivity contribution < 1.29 is 4.79 Å². The standard InChI is InChI=1S/C21H22N2O/c1-14-10-11-18-16(12-14)17(20(24)23-21(2,3)4)13-19(22-18)15-8-6-5-7-9-15/h5-13H,1-4H3,(H,23,24). The van der Waals surface area contributed by atoms with E-state index in [0.29, 0.717) is 5.56 Å². The fraction of sp³-hybridized carbons (Fsp3) is 0.238. The normalized spacial score (nSPS) is 11.5. The molecule has 0 unspecified atom stereocenters. The van der Waals surface area contributed by atoms with Crippen LogP contribution in [-0.4, -0.2) is 16.4 Å². The summed E-state index contributed by atoms with van der Waals surface area (Å²) < 4.78 is 0. The first kappa shape index (κ1) is 16.2. The fourth-order valence-electron chi connectivity index (χ4n) is 2.69. The Morgan fingerprint density at radius 1 is 1.00 bits per heavy atom. The zero-order valence-corrected chi connectivity index (χ0v) is 14.6. The van der Waals surface area contributed by atoms with E-state index in [1.807, 2.05) is 82.3 Å². The minimum atomic E-state index is -0.288. The van der Waals surface area contributed by atoms with Crippen molar-refractivity contribution in [2.24, 2.45) is 0 Å². The highest BCUT2D eigenvalue weighted by Crippen LogP contribution is 2.26. The van der Waals surface area contributed by atoms with E-state index < -0.39 is 0 Å². The van der Waals surface area contributed by atoms with E-state index in [0.717, 1.165) is 27.7 Å². The first-order valence-corrected chi connectivity index (χ1v) is 8.13. The molecule has 0 radical (unpaired) electrons. The van der Waals surface area contributed by atoms with Gasteiger partial charge in [-0.05, 0) is 45.9 Å². The van der Waals surface area contributed by atoms with Crippen molar-refractivity contribution in [3.63, 3.8) is 0 Å². The zero-order valence-electron chi connectivity index (χ0n) is 14.6. The molecular weight excluding hydrogens is 296 g/mol. The SMILES string of the molecule is Cc1ccc2nc(-c3ccccc3)cc(C(=O)NC(C)(C)C)c2c1. The van der Waals surface area contributed by atoms with Crippen LogP contribution in [-0.2, 0) is 0 Å². The van der Waals surface area contributed by atoms with Crippen LogP contribution in [0.15, 0.2) is 54.6 Å². The average Bonchev–Trinajstić information content (AvgIpc) is 2.53. The van der Waals surface area contributed by atoms with Gasteiger partial charge in [-0.2, -0.15) is 0 Å². The summed E-state index contributed by atoms with van der Waals surface area (Å²) in [7, 11) is 0. The third-order valence-electron chi connectivity index (χ3n) is 3.77. The number of carbonyl (C=O) groups is 1. The second kappa shape index (κ2) is 6.08. The molecule has 0 atom stereocenters. The maximum Gasteiger partial charge on any atom is 0.252 e. The molecule has 3 nitrogen and oxygen atoms in total. The summed E-state index contributed by atoms with van der Waals surface area (Å²) in [6, 6.07) is 17.9. The highest BCUT2D eigenvalue weighted by atomic mass is 16.1. The number of aryl methyl sites for hydroxylation is 1. The van der Waals surface area contributed by atoms with Crippen LogP contribution in [0.25, 0.3) is 22.2 Å². The maximum absolute atomic E-state index is 12.8. The van der Waals surface area contributed by atoms with Gasteiger partial charge in [0, 0.05) is 16.5 Å². The molecule has 0 aliphatic carbocycles. The number of rotatable bonds is 2. The van der Waals surface area contributed by atoms with Gasteiger partial charge in [0.25, 0.3) is 5.91 Å². The number of aromatic nitrogens is 1. The average molecular weight is 318 g/mol. The summed E-state index contributed by atoms with van der Waals surface area (Å²) in [5.74, 6) is -0.0716. The number of nitrogens with zero attached hydrogens (tertiary/aromatic N) is 1. The Balaban J connectivity index is 2.21. The maximum atomic E-state index is 12.8. The van der Waals surface area contributed by atoms with Crippen LogP contribution in [0, 0.1) is 6.92 Å². The summed E-state index contributed by atoms with van der Waals surface area (Å²) in [6.07, 6.45) is 0. The molecule has 3 aromatic rings. The molecule has 1 aromatic heterocycles. The van der Waals surface area contributed by atoms with Gasteiger partial charge in [0.15, 0.2) is 0 Å². The first-order valence-electron chi connectivity index (χ1n) is 8.13. The third kappa shape index (κ3) is 3.46. The molecule has 1 amide bonds. The van der Waals surface area contributed by atoms with Crippen LogP contribution in [0.3, 0.4) is 0 Å². The van der Waals surface area contributed by atoms with Crippen LogP contribution in [0.2, 0.25) is 0 Å². The second-order valence-electron chi connectivity index (χ2n) is 7.15. The van der Waals surface area contributed by atoms with Crippen LogP contribution in [0.1, 0.15) is 36.7 Å². The molecule has 3 heteroatoms. The van der Waals surface area contributed by atoms with E-state index in [-0.39, 0.29) is 11.4 Å². The molecule has 0 fully saturated rings. The molecule has 1 heterocycles. The van der Waals surface area contributed by atoms with Crippen molar-refractivity contribution >= 4 is 16.8 Å². The van der Waals surface area contributed by atoms with Crippen molar-refractivity contribution in [1.82, 2.24) is 10.3 Å². The van der Waals surface area contributed by atoms with Crippen molar-refractivity contribution in [3.8, 4) is 11.3 Å². The molecule has 0 aliphatic rings. The summed E-state index contributed by atoms with van der Waals surface area (Å²) in [4.78, 5) is 17.6. The van der Waals surface area contributed by atoms with E-state index in [2.05, 4.69) is 5.32 Å². The van der Waals surface area contributed by atoms with E-state index in [1.165, 1.54) is 0 Å². The Kier molecular flexibility index (Phi) is 4.10. The van der Waals surface area contributed by atoms with Gasteiger partial charge >= 0.3 is 0 Å². The molecule has 1 N–H and O–H groups in total. The number of nitrogens with one attached hydrogen (secondary N) is 1. The van der Waals surface area contributed by atoms with E-state index >= 15 is 0 Å². The summed E-state index contributed by atoms with van der Waals surface area (Å²) in [5, 5.41) is 3.94. The number of fused-ring (bicyclic) bond motifs is 1. The molecule has 0 bridgehead atoms. The fourth-order valence-corrected chi connectivity index (χ4v) is 2.69. The second-order valence-corrected chi connectivity index (χ2v) is 7.15. The Hall–Kier alpha value is -2.68. The smallest absolute Gasteiger partial charge is 0.252 e. The highest BCUT2D eigenvalue weighted by molar-refractivity contribution is 6.07. The van der Waals surface area contributed by atoms with E-state index in [9.17, 15) is 4.79 Å². The molecule has 0 saturated heterocycles. The lowest BCUT2D eigenvalue weighted by Crippen LogP contribution is -2.40. The highest BCUT2D eigenvalue weighted by Gasteiger charge is 2.19. The minimum absolute atomic E-state index is 0.0716. The monoisotopic (exact) mass is 318 g/mol. The number of hydrogen-bond donors (Lipinski definition) is 1. The van der Waals surface area contributed by atoms with Gasteiger partial charge in [0.1, 0.15) is 0 Å². The lowest BCUT2D eigenvalue weighted by Gasteiger charge is -2.21. The molecule has 0 aliphatic heterocycles. The number of carbonyl (C=O) groups excluding carboxylic acids is 1. The van der Waals surface area contributed by atoms with Crippen LogP contribution in [0.4, 0.5) is 0 Å². The number of benzene rings is 2. The van der Waals surface area contributed by atoms with Crippen molar-refractivity contribution in [2.75, 3.05) is 0 Å². The number of pyridine rings is 1. The number of hydrogen-bond acceptors (Lipinski definition) is 2. The minimum Gasteiger partial charge on any atom is -0.347 e. The lowest BCUT2D eigenvalue weighted by atomic mass is 10.0. The Morgan fingerprint density at radius 2 is 1.71 bits per heavy atom. The lowest BCUT2D eigenvalue weighted by molar-refractivity contribution is 0.0921. The Labute approximate surface area is 142 Å². The molecule has 24 heavy (non-hydrogen) atoms. The predicted octanol–water partition coefficient (Wildman–Crippen LogP) is 4.74. The van der Waals surface area contributed by atoms with Gasteiger partial charge in [0.2, 0.25) is 0 Å². The van der Waals surface area contributed by atoms with E-state index in [4.69, 9.17) is 4.98 Å². The van der Waals surface area contributed by atoms with Gasteiger partial charge in [-0.3, -0.25) is 4.79 Å². The molecule has 3 rings (SSSR count). The van der Waals surface area contributed by atoms with Crippen LogP contribution in [0.5, 0.6) is 0 Å². The Bertz CT molecular complexity index is 893. The van der Waals surface area contributed by atoms with Gasteiger partial charge in [0.05, 0.1) is 16.8 Å². The summed E-state index contributed by atoms with van der Waals surface area (Å²) in [6.45, 7) is 7.98. The third-order valence-corrected chi connectivity index (χ3v) is 3.77. The summed E-state index contributed by atoms with van der Waals surface area (Å²) >= 11 is 0. The summed E-state index contributed by atoms with van der Waals surface area (Å²) in [5.41, 5.74) is 4.14. The van der Waals surface area contributed by atoms with Gasteiger partial charge < -0.3 is 5.32 Å². The predicted molar refractivity (Wildman–Crippen MR) is 99.1 cm³/mol. The van der Waals surface area contributed by atoms with Crippen LogP contribution < -0.4 is 5.32 Å². The first-order chi connectivity index (χ1) is 11.3. The molecule has 2 aromatic carbocycles. The van der Waals surface area contributed by atoms with Crippen molar-refractivity contribution in [2.45, 2.75) is 33.2 Å². The van der Waals surface area contributed by atoms with E-state index in [1.54, 1.807) is 0 Å².